The van der Waals surface area contributed by atoms with Gasteiger partial charge in [0.2, 0.25) is 0 Å². The van der Waals surface area contributed by atoms with Gasteiger partial charge in [0.1, 0.15) is 0 Å². The maximum absolute atomic E-state index is 8.52. The Morgan fingerprint density at radius 2 is 1.47 bits per heavy atom. The van der Waals surface area contributed by atoms with Gasteiger partial charge in [0.05, 0.1) is 0 Å². The lowest BCUT2D eigenvalue weighted by atomic mass is 10.1. The number of nitrogens with one attached hydrogen (secondary N) is 1. The van der Waals surface area contributed by atoms with E-state index in [0.717, 1.165) is 19.4 Å². The van der Waals surface area contributed by atoms with Gasteiger partial charge >= 0.3 is 0 Å². The molecule has 0 spiro atoms. The number of rotatable bonds is 7. The molecular weight excluding hydrogens is 210 g/mol. The second kappa shape index (κ2) is 13.2. The molecule has 1 aromatic rings. The zero-order valence-corrected chi connectivity index (χ0v) is 11.2. The molecule has 0 saturated carbocycles. The molecule has 0 radical (unpaired) electrons. The largest absolute Gasteiger partial charge is 0.396 e. The van der Waals surface area contributed by atoms with Gasteiger partial charge in [-0.15, -0.1) is 0 Å². The van der Waals surface area contributed by atoms with Crippen molar-refractivity contribution in [2.24, 2.45) is 0 Å². The number of aliphatic hydroxyl groups excluding tert-OH is 1. The lowest BCUT2D eigenvalue weighted by Gasteiger charge is -2.10. The molecule has 98 valence electrons. The molecule has 1 rings (SSSR count). The van der Waals surface area contributed by atoms with Gasteiger partial charge in [-0.25, -0.2) is 0 Å². The van der Waals surface area contributed by atoms with Crippen LogP contribution in [0.3, 0.4) is 0 Å². The molecule has 0 bridgehead atoms. The van der Waals surface area contributed by atoms with Crippen molar-refractivity contribution in [3.63, 3.8) is 0 Å². The molecular formula is C15H27NO. The van der Waals surface area contributed by atoms with Crippen LogP contribution in [0.1, 0.15) is 39.5 Å². The van der Waals surface area contributed by atoms with E-state index in [-0.39, 0.29) is 0 Å². The zero-order chi connectivity index (χ0) is 12.8. The lowest BCUT2D eigenvalue weighted by molar-refractivity contribution is 0.281. The van der Waals surface area contributed by atoms with Gasteiger partial charge in [0.25, 0.3) is 0 Å². The van der Waals surface area contributed by atoms with Crippen LogP contribution in [0.25, 0.3) is 0 Å². The Bertz CT molecular complexity index is 199. The van der Waals surface area contributed by atoms with Crippen molar-refractivity contribution in [1.82, 2.24) is 5.32 Å². The molecule has 0 amide bonds. The summed E-state index contributed by atoms with van der Waals surface area (Å²) in [6.45, 7) is 5.74. The van der Waals surface area contributed by atoms with E-state index in [1.54, 1.807) is 0 Å². The first-order valence-electron chi connectivity index (χ1n) is 6.65. The van der Waals surface area contributed by atoms with Crippen LogP contribution in [0.5, 0.6) is 0 Å². The minimum atomic E-state index is 0.343. The van der Waals surface area contributed by atoms with E-state index in [1.165, 1.54) is 12.8 Å². The zero-order valence-electron chi connectivity index (χ0n) is 11.2. The average Bonchev–Trinajstić information content (AvgIpc) is 2.38. The van der Waals surface area contributed by atoms with Crippen LogP contribution in [0.4, 0.5) is 0 Å². The molecule has 1 aromatic carbocycles. The average molecular weight is 237 g/mol. The highest BCUT2D eigenvalue weighted by molar-refractivity contribution is 4.99. The SMILES string of the molecule is CCNC(C)CCCCCO.c1ccccc1. The second-order valence-corrected chi connectivity index (χ2v) is 4.19. The van der Waals surface area contributed by atoms with Gasteiger partial charge in [0.15, 0.2) is 0 Å². The molecule has 0 fully saturated rings. The van der Waals surface area contributed by atoms with E-state index in [2.05, 4.69) is 19.2 Å². The van der Waals surface area contributed by atoms with E-state index < -0.39 is 0 Å². The van der Waals surface area contributed by atoms with Crippen molar-refractivity contribution in [1.29, 1.82) is 0 Å². The quantitative estimate of drug-likeness (QED) is 0.714. The van der Waals surface area contributed by atoms with Crippen molar-refractivity contribution in [2.45, 2.75) is 45.6 Å². The van der Waals surface area contributed by atoms with Crippen LogP contribution in [0.15, 0.2) is 36.4 Å². The second-order valence-electron chi connectivity index (χ2n) is 4.19. The predicted molar refractivity (Wildman–Crippen MR) is 75.1 cm³/mol. The molecule has 1 unspecified atom stereocenters. The fraction of sp³-hybridized carbons (Fsp3) is 0.600. The van der Waals surface area contributed by atoms with E-state index in [9.17, 15) is 0 Å². The molecule has 0 aliphatic rings. The summed E-state index contributed by atoms with van der Waals surface area (Å²) in [5.41, 5.74) is 0. The highest BCUT2D eigenvalue weighted by Crippen LogP contribution is 2.02. The third kappa shape index (κ3) is 13.1. The minimum Gasteiger partial charge on any atom is -0.396 e. The molecule has 2 heteroatoms. The Hall–Kier alpha value is -0.860. The maximum atomic E-state index is 8.52. The van der Waals surface area contributed by atoms with Crippen molar-refractivity contribution in [3.8, 4) is 0 Å². The van der Waals surface area contributed by atoms with E-state index in [0.29, 0.717) is 12.6 Å². The molecule has 0 heterocycles. The number of unbranched alkanes of at least 4 members (excludes halogenated alkanes) is 2. The standard InChI is InChI=1S/C9H21NO.C6H6/c1-3-10-9(2)7-5-4-6-8-11;1-2-4-6-5-3-1/h9-11H,3-8H2,1-2H3;1-6H. The van der Waals surface area contributed by atoms with Crippen molar-refractivity contribution < 1.29 is 5.11 Å². The number of hydrogen-bond donors (Lipinski definition) is 2. The Morgan fingerprint density at radius 3 is 1.88 bits per heavy atom. The topological polar surface area (TPSA) is 32.3 Å². The van der Waals surface area contributed by atoms with Crippen LogP contribution < -0.4 is 5.32 Å². The van der Waals surface area contributed by atoms with Crippen molar-refractivity contribution in [3.05, 3.63) is 36.4 Å². The molecule has 0 aliphatic carbocycles. The monoisotopic (exact) mass is 237 g/mol. The number of hydrogen-bond acceptors (Lipinski definition) is 2. The van der Waals surface area contributed by atoms with Gasteiger partial charge in [0, 0.05) is 12.6 Å². The summed E-state index contributed by atoms with van der Waals surface area (Å²) in [4.78, 5) is 0. The summed E-state index contributed by atoms with van der Waals surface area (Å²) in [5.74, 6) is 0. The lowest BCUT2D eigenvalue weighted by Crippen LogP contribution is -2.25. The summed E-state index contributed by atoms with van der Waals surface area (Å²) < 4.78 is 0. The summed E-state index contributed by atoms with van der Waals surface area (Å²) in [6, 6.07) is 12.6. The first-order chi connectivity index (χ1) is 8.31. The first-order valence-corrected chi connectivity index (χ1v) is 6.65. The molecule has 2 N–H and O–H groups in total. The predicted octanol–water partition coefficient (Wildman–Crippen LogP) is 3.22. The van der Waals surface area contributed by atoms with Crippen LogP contribution in [0.2, 0.25) is 0 Å². The smallest absolute Gasteiger partial charge is 0.0431 e. The fourth-order valence-electron chi connectivity index (χ4n) is 1.57. The Morgan fingerprint density at radius 1 is 0.941 bits per heavy atom. The summed E-state index contributed by atoms with van der Waals surface area (Å²) in [5, 5.41) is 11.9. The summed E-state index contributed by atoms with van der Waals surface area (Å²) in [7, 11) is 0. The minimum absolute atomic E-state index is 0.343. The molecule has 17 heavy (non-hydrogen) atoms. The first kappa shape index (κ1) is 16.1. The van der Waals surface area contributed by atoms with E-state index in [1.807, 2.05) is 36.4 Å². The maximum Gasteiger partial charge on any atom is 0.0431 e. The fourth-order valence-corrected chi connectivity index (χ4v) is 1.57. The highest BCUT2D eigenvalue weighted by Gasteiger charge is 1.97. The molecule has 1 atom stereocenters. The molecule has 2 nitrogen and oxygen atoms in total. The van der Waals surface area contributed by atoms with Gasteiger partial charge in [-0.1, -0.05) is 56.2 Å². The van der Waals surface area contributed by atoms with Gasteiger partial charge in [-0.2, -0.15) is 0 Å². The van der Waals surface area contributed by atoms with Crippen LogP contribution >= 0.6 is 0 Å². The number of benzene rings is 1. The third-order valence-electron chi connectivity index (χ3n) is 2.51. The Labute approximate surface area is 106 Å². The molecule has 0 saturated heterocycles. The number of aliphatic hydroxyl groups is 1. The van der Waals surface area contributed by atoms with E-state index in [4.69, 9.17) is 5.11 Å². The van der Waals surface area contributed by atoms with Crippen molar-refractivity contribution >= 4 is 0 Å². The normalized spacial score (nSPS) is 11.5. The molecule has 0 aliphatic heterocycles. The van der Waals surface area contributed by atoms with Crippen LogP contribution in [-0.4, -0.2) is 24.3 Å². The van der Waals surface area contributed by atoms with Gasteiger partial charge in [-0.05, 0) is 26.3 Å². The van der Waals surface area contributed by atoms with Crippen LogP contribution in [-0.2, 0) is 0 Å². The summed E-state index contributed by atoms with van der Waals surface area (Å²) in [6.07, 6.45) is 4.58. The van der Waals surface area contributed by atoms with Gasteiger partial charge < -0.3 is 10.4 Å². The molecule has 0 aromatic heterocycles. The van der Waals surface area contributed by atoms with Gasteiger partial charge in [-0.3, -0.25) is 0 Å². The summed E-state index contributed by atoms with van der Waals surface area (Å²) >= 11 is 0. The Kier molecular flexibility index (Phi) is 12.5. The highest BCUT2D eigenvalue weighted by atomic mass is 16.2. The van der Waals surface area contributed by atoms with Crippen molar-refractivity contribution in [2.75, 3.05) is 13.2 Å². The van der Waals surface area contributed by atoms with E-state index >= 15 is 0 Å². The van der Waals surface area contributed by atoms with Crippen LogP contribution in [0, 0.1) is 0 Å². The Balaban J connectivity index is 0.000000354. The third-order valence-corrected chi connectivity index (χ3v) is 2.51.